The first-order valence-electron chi connectivity index (χ1n) is 6.52. The van der Waals surface area contributed by atoms with Gasteiger partial charge in [0.1, 0.15) is 0 Å². The number of hydrogen-bond donors (Lipinski definition) is 1. The van der Waals surface area contributed by atoms with E-state index < -0.39 is 0 Å². The van der Waals surface area contributed by atoms with E-state index in [9.17, 15) is 0 Å². The smallest absolute Gasteiger partial charge is 0.0502 e. The molecule has 94 valence electrons. The van der Waals surface area contributed by atoms with Crippen LogP contribution in [0.3, 0.4) is 0 Å². The molecule has 0 aromatic carbocycles. The molecule has 0 spiro atoms. The molecule has 0 aliphatic carbocycles. The molecule has 0 aliphatic heterocycles. The van der Waals surface area contributed by atoms with Gasteiger partial charge < -0.3 is 5.73 Å². The molecule has 0 amide bonds. The zero-order chi connectivity index (χ0) is 12.6. The van der Waals surface area contributed by atoms with Gasteiger partial charge in [0.05, 0.1) is 6.04 Å². The minimum Gasteiger partial charge on any atom is -0.402 e. The minimum absolute atomic E-state index is 0.453. The van der Waals surface area contributed by atoms with Crippen molar-refractivity contribution < 1.29 is 0 Å². The van der Waals surface area contributed by atoms with Crippen LogP contribution in [0.15, 0.2) is 16.8 Å². The first-order chi connectivity index (χ1) is 7.51. The number of nitrogens with two attached hydrogens (primary N) is 1. The number of nitrogens with zero attached hydrogens (tertiary/aromatic N) is 1. The van der Waals surface area contributed by atoms with E-state index in [1.54, 1.807) is 0 Å². The molecule has 0 fully saturated rings. The molecule has 0 saturated heterocycles. The van der Waals surface area contributed by atoms with E-state index in [0.717, 1.165) is 11.4 Å². The fraction of sp³-hybridized carbons (Fsp3) is 0.786. The number of allylic oxidation sites excluding steroid dienone is 2. The molecule has 0 aliphatic rings. The van der Waals surface area contributed by atoms with Crippen LogP contribution in [0.4, 0.5) is 0 Å². The van der Waals surface area contributed by atoms with Crippen molar-refractivity contribution in [3.05, 3.63) is 11.8 Å². The Balaban J connectivity index is 4.77. The van der Waals surface area contributed by atoms with Crippen molar-refractivity contribution >= 4 is 5.71 Å². The summed E-state index contributed by atoms with van der Waals surface area (Å²) < 4.78 is 0. The zero-order valence-electron chi connectivity index (χ0n) is 11.6. The van der Waals surface area contributed by atoms with Gasteiger partial charge in [0.15, 0.2) is 0 Å². The third kappa shape index (κ3) is 6.65. The molecule has 0 saturated carbocycles. The Labute approximate surface area is 101 Å². The van der Waals surface area contributed by atoms with Crippen LogP contribution in [0.1, 0.15) is 60.3 Å². The predicted octanol–water partition coefficient (Wildman–Crippen LogP) is 3.91. The van der Waals surface area contributed by atoms with Crippen LogP contribution >= 0.6 is 0 Å². The van der Waals surface area contributed by atoms with Crippen LogP contribution in [0.5, 0.6) is 0 Å². The fourth-order valence-electron chi connectivity index (χ4n) is 1.74. The Bertz CT molecular complexity index is 229. The highest BCUT2D eigenvalue weighted by molar-refractivity contribution is 5.96. The van der Waals surface area contributed by atoms with Crippen LogP contribution in [0, 0.1) is 5.92 Å². The highest BCUT2D eigenvalue weighted by Crippen LogP contribution is 2.12. The molecule has 0 aromatic heterocycles. The van der Waals surface area contributed by atoms with Crippen LogP contribution in [0.2, 0.25) is 0 Å². The van der Waals surface area contributed by atoms with Crippen LogP contribution < -0.4 is 5.73 Å². The summed E-state index contributed by atoms with van der Waals surface area (Å²) in [5.41, 5.74) is 7.73. The summed E-state index contributed by atoms with van der Waals surface area (Å²) >= 11 is 0. The molecule has 16 heavy (non-hydrogen) atoms. The Morgan fingerprint density at radius 3 is 2.00 bits per heavy atom. The lowest BCUT2D eigenvalue weighted by atomic mass is 10.0. The van der Waals surface area contributed by atoms with Gasteiger partial charge in [0.2, 0.25) is 0 Å². The normalized spacial score (nSPS) is 13.9. The first-order valence-corrected chi connectivity index (χ1v) is 6.52. The summed E-state index contributed by atoms with van der Waals surface area (Å²) in [5.74, 6) is 0.453. The average molecular weight is 224 g/mol. The molecule has 2 heteroatoms. The monoisotopic (exact) mass is 224 g/mol. The van der Waals surface area contributed by atoms with Gasteiger partial charge in [-0.05, 0) is 31.8 Å². The molecular weight excluding hydrogens is 196 g/mol. The Morgan fingerprint density at radius 1 is 1.19 bits per heavy atom. The summed E-state index contributed by atoms with van der Waals surface area (Å²) in [4.78, 5) is 4.86. The van der Waals surface area contributed by atoms with E-state index in [1.165, 1.54) is 25.7 Å². The quantitative estimate of drug-likeness (QED) is 0.654. The van der Waals surface area contributed by atoms with Crippen molar-refractivity contribution in [2.75, 3.05) is 0 Å². The Kier molecular flexibility index (Phi) is 7.96. The highest BCUT2D eigenvalue weighted by Gasteiger charge is 2.08. The van der Waals surface area contributed by atoms with Crippen molar-refractivity contribution in [1.29, 1.82) is 0 Å². The molecule has 0 rings (SSSR count). The second-order valence-corrected chi connectivity index (χ2v) is 4.83. The topological polar surface area (TPSA) is 38.4 Å². The molecule has 0 bridgehead atoms. The lowest BCUT2D eigenvalue weighted by Crippen LogP contribution is -2.13. The van der Waals surface area contributed by atoms with Crippen LogP contribution in [-0.4, -0.2) is 11.8 Å². The maximum atomic E-state index is 5.74. The fourth-order valence-corrected chi connectivity index (χ4v) is 1.74. The van der Waals surface area contributed by atoms with Gasteiger partial charge in [-0.1, -0.05) is 40.5 Å². The van der Waals surface area contributed by atoms with Crippen molar-refractivity contribution in [3.63, 3.8) is 0 Å². The molecule has 0 atom stereocenters. The molecule has 0 unspecified atom stereocenters. The third-order valence-electron chi connectivity index (χ3n) is 2.54. The van der Waals surface area contributed by atoms with Gasteiger partial charge in [-0.25, -0.2) is 0 Å². The second-order valence-electron chi connectivity index (χ2n) is 4.83. The van der Waals surface area contributed by atoms with Crippen LogP contribution in [0.25, 0.3) is 0 Å². The zero-order valence-corrected chi connectivity index (χ0v) is 11.6. The first kappa shape index (κ1) is 15.2. The van der Waals surface area contributed by atoms with E-state index in [-0.39, 0.29) is 0 Å². The molecule has 2 N–H and O–H groups in total. The lowest BCUT2D eigenvalue weighted by Gasteiger charge is -2.14. The second kappa shape index (κ2) is 8.37. The summed E-state index contributed by atoms with van der Waals surface area (Å²) in [7, 11) is 0. The van der Waals surface area contributed by atoms with E-state index in [0.29, 0.717) is 12.0 Å². The Morgan fingerprint density at radius 2 is 1.69 bits per heavy atom. The molecule has 0 radical (unpaired) electrons. The van der Waals surface area contributed by atoms with Crippen molar-refractivity contribution in [2.24, 2.45) is 16.6 Å². The SMILES string of the molecule is CCCC(CCC)N=C(C=C(C)N)C(C)C. The highest BCUT2D eigenvalue weighted by atomic mass is 14.8. The van der Waals surface area contributed by atoms with Gasteiger partial charge in [-0.3, -0.25) is 4.99 Å². The predicted molar refractivity (Wildman–Crippen MR) is 73.8 cm³/mol. The minimum atomic E-state index is 0.453. The van der Waals surface area contributed by atoms with Crippen molar-refractivity contribution in [3.8, 4) is 0 Å². The molecular formula is C14H28N2. The van der Waals surface area contributed by atoms with Gasteiger partial charge in [0, 0.05) is 11.4 Å². The van der Waals surface area contributed by atoms with Gasteiger partial charge in [-0.2, -0.15) is 0 Å². The molecule has 2 nitrogen and oxygen atoms in total. The van der Waals surface area contributed by atoms with Gasteiger partial charge >= 0.3 is 0 Å². The molecule has 0 aromatic rings. The standard InChI is InChI=1S/C14H28N2/c1-6-8-13(9-7-2)16-14(11(3)4)10-12(5)15/h10-11,13H,6-9,15H2,1-5H3. The van der Waals surface area contributed by atoms with Crippen LogP contribution in [-0.2, 0) is 0 Å². The number of rotatable bonds is 7. The van der Waals surface area contributed by atoms with Crippen molar-refractivity contribution in [2.45, 2.75) is 66.3 Å². The van der Waals surface area contributed by atoms with E-state index >= 15 is 0 Å². The largest absolute Gasteiger partial charge is 0.402 e. The summed E-state index contributed by atoms with van der Waals surface area (Å²) in [6.45, 7) is 10.7. The number of aliphatic imine (C=N–C) groups is 1. The summed E-state index contributed by atoms with van der Waals surface area (Å²) in [6, 6.07) is 0.475. The van der Waals surface area contributed by atoms with Crippen molar-refractivity contribution in [1.82, 2.24) is 0 Å². The van der Waals surface area contributed by atoms with Gasteiger partial charge in [-0.15, -0.1) is 0 Å². The maximum Gasteiger partial charge on any atom is 0.0502 e. The molecule has 0 heterocycles. The average Bonchev–Trinajstić information content (AvgIpc) is 2.16. The maximum absolute atomic E-state index is 5.74. The number of hydrogen-bond acceptors (Lipinski definition) is 2. The third-order valence-corrected chi connectivity index (χ3v) is 2.54. The summed E-state index contributed by atoms with van der Waals surface area (Å²) in [6.07, 6.45) is 6.78. The van der Waals surface area contributed by atoms with Gasteiger partial charge in [0.25, 0.3) is 0 Å². The van der Waals surface area contributed by atoms with E-state index in [2.05, 4.69) is 27.7 Å². The summed E-state index contributed by atoms with van der Waals surface area (Å²) in [5, 5.41) is 0. The lowest BCUT2D eigenvalue weighted by molar-refractivity contribution is 0.553. The Hall–Kier alpha value is -0.790. The van der Waals surface area contributed by atoms with E-state index in [4.69, 9.17) is 10.7 Å². The van der Waals surface area contributed by atoms with E-state index in [1.807, 2.05) is 13.0 Å².